The summed E-state index contributed by atoms with van der Waals surface area (Å²) in [5.74, 6) is 1.07. The lowest BCUT2D eigenvalue weighted by Gasteiger charge is -2.38. The second-order valence-electron chi connectivity index (χ2n) is 8.47. The molecule has 2 atom stereocenters. The molecule has 3 heterocycles. The van der Waals surface area contributed by atoms with Crippen LogP contribution in [-0.2, 0) is 11.3 Å². The Morgan fingerprint density at radius 2 is 1.88 bits per heavy atom. The van der Waals surface area contributed by atoms with Crippen molar-refractivity contribution in [2.24, 2.45) is 0 Å². The lowest BCUT2D eigenvalue weighted by atomic mass is 9.93. The zero-order valence-corrected chi connectivity index (χ0v) is 16.3. The number of tetrazole rings is 1. The lowest BCUT2D eigenvalue weighted by Crippen LogP contribution is -3.29. The lowest BCUT2D eigenvalue weighted by molar-refractivity contribution is -1.04. The summed E-state index contributed by atoms with van der Waals surface area (Å²) in [7, 11) is 0. The fourth-order valence-corrected chi connectivity index (χ4v) is 5.39. The summed E-state index contributed by atoms with van der Waals surface area (Å²) in [4.78, 5) is 3.54. The Bertz CT molecular complexity index is 544. The monoisotopic (exact) mass is 364 g/mol. The summed E-state index contributed by atoms with van der Waals surface area (Å²) in [6.07, 6.45) is 10.9. The minimum atomic E-state index is 0.289. The number of hydrogen-bond acceptors (Lipinski definition) is 4. The minimum absolute atomic E-state index is 0.289. The van der Waals surface area contributed by atoms with Crippen LogP contribution in [0.2, 0.25) is 0 Å². The molecule has 0 unspecified atom stereocenters. The summed E-state index contributed by atoms with van der Waals surface area (Å²) >= 11 is 0. The van der Waals surface area contributed by atoms with Crippen LogP contribution in [0.25, 0.3) is 0 Å². The van der Waals surface area contributed by atoms with Gasteiger partial charge in [0.05, 0.1) is 18.7 Å². The predicted octanol–water partition coefficient (Wildman–Crippen LogP) is -0.581. The predicted molar refractivity (Wildman–Crippen MR) is 98.1 cm³/mol. The number of rotatable bonds is 6. The van der Waals surface area contributed by atoms with E-state index in [9.17, 15) is 0 Å². The molecule has 7 heteroatoms. The van der Waals surface area contributed by atoms with E-state index >= 15 is 0 Å². The Labute approximate surface area is 157 Å². The highest BCUT2D eigenvalue weighted by molar-refractivity contribution is 4.88. The molecule has 1 aromatic rings. The third-order valence-electron chi connectivity index (χ3n) is 6.89. The molecule has 0 amide bonds. The molecule has 0 spiro atoms. The van der Waals surface area contributed by atoms with Gasteiger partial charge in [0.25, 0.3) is 0 Å². The molecule has 0 radical (unpaired) electrons. The Morgan fingerprint density at radius 3 is 2.58 bits per heavy atom. The van der Waals surface area contributed by atoms with Crippen LogP contribution >= 0.6 is 0 Å². The highest BCUT2D eigenvalue weighted by Gasteiger charge is 2.36. The standard InChI is InChI=1S/C19H34N6O/c1-2-18(19-20-21-22-25(19)15-17-9-6-14-26-17)24-12-10-23(11-13-24)16-7-4-3-5-8-16/h16-18H,2-15H2,1H3/p+2/t17-,18+/m0/s1. The van der Waals surface area contributed by atoms with Crippen LogP contribution in [0.4, 0.5) is 0 Å². The van der Waals surface area contributed by atoms with Gasteiger partial charge in [0.15, 0.2) is 0 Å². The zero-order chi connectivity index (χ0) is 17.8. The van der Waals surface area contributed by atoms with Crippen LogP contribution in [-0.4, -0.2) is 65.1 Å². The average Bonchev–Trinajstić information content (AvgIpc) is 3.37. The van der Waals surface area contributed by atoms with Gasteiger partial charge in [-0.05, 0) is 49.0 Å². The molecule has 0 bridgehead atoms. The van der Waals surface area contributed by atoms with Crippen molar-refractivity contribution in [2.75, 3.05) is 32.8 Å². The van der Waals surface area contributed by atoms with Crippen molar-refractivity contribution in [2.45, 2.75) is 83.0 Å². The van der Waals surface area contributed by atoms with Crippen molar-refractivity contribution >= 4 is 0 Å². The highest BCUT2D eigenvalue weighted by atomic mass is 16.5. The number of piperazine rings is 1. The summed E-state index contributed by atoms with van der Waals surface area (Å²) in [5, 5.41) is 12.7. The van der Waals surface area contributed by atoms with Gasteiger partial charge >= 0.3 is 0 Å². The minimum Gasteiger partial charge on any atom is -0.376 e. The first kappa shape index (κ1) is 18.3. The maximum atomic E-state index is 5.79. The number of aromatic nitrogens is 4. The third kappa shape index (κ3) is 4.10. The summed E-state index contributed by atoms with van der Waals surface area (Å²) in [6.45, 7) is 9.09. The van der Waals surface area contributed by atoms with Crippen LogP contribution in [0, 0.1) is 0 Å². The molecule has 3 aliphatic rings. The van der Waals surface area contributed by atoms with Crippen molar-refractivity contribution in [1.29, 1.82) is 0 Å². The van der Waals surface area contributed by atoms with E-state index in [2.05, 4.69) is 22.4 Å². The molecule has 7 nitrogen and oxygen atoms in total. The second kappa shape index (κ2) is 8.76. The van der Waals surface area contributed by atoms with E-state index in [1.807, 2.05) is 9.58 Å². The molecule has 146 valence electrons. The van der Waals surface area contributed by atoms with Crippen molar-refractivity contribution in [1.82, 2.24) is 20.2 Å². The largest absolute Gasteiger partial charge is 0.376 e. The molecule has 1 aromatic heterocycles. The van der Waals surface area contributed by atoms with Crippen LogP contribution in [0.1, 0.15) is 70.2 Å². The maximum absolute atomic E-state index is 5.79. The zero-order valence-electron chi connectivity index (χ0n) is 16.3. The number of nitrogens with one attached hydrogen (secondary N) is 2. The summed E-state index contributed by atoms with van der Waals surface area (Å²) < 4.78 is 7.82. The van der Waals surface area contributed by atoms with Crippen LogP contribution < -0.4 is 9.80 Å². The Balaban J connectivity index is 1.36. The van der Waals surface area contributed by atoms with E-state index in [4.69, 9.17) is 4.74 Å². The van der Waals surface area contributed by atoms with Gasteiger partial charge in [-0.25, -0.2) is 4.68 Å². The fourth-order valence-electron chi connectivity index (χ4n) is 5.39. The van der Waals surface area contributed by atoms with Crippen molar-refractivity contribution in [3.63, 3.8) is 0 Å². The maximum Gasteiger partial charge on any atom is 0.209 e. The molecular formula is C19H36N6O+2. The molecule has 0 aromatic carbocycles. The Morgan fingerprint density at radius 1 is 1.08 bits per heavy atom. The summed E-state index contributed by atoms with van der Waals surface area (Å²) in [5.41, 5.74) is 0. The van der Waals surface area contributed by atoms with Gasteiger partial charge in [0.2, 0.25) is 5.82 Å². The highest BCUT2D eigenvalue weighted by Crippen LogP contribution is 2.17. The van der Waals surface area contributed by atoms with Crippen LogP contribution in [0.3, 0.4) is 0 Å². The number of quaternary nitrogens is 2. The van der Waals surface area contributed by atoms with E-state index in [1.165, 1.54) is 58.3 Å². The topological polar surface area (TPSA) is 61.7 Å². The van der Waals surface area contributed by atoms with E-state index in [0.29, 0.717) is 6.04 Å². The number of nitrogens with zero attached hydrogens (tertiary/aromatic N) is 4. The van der Waals surface area contributed by atoms with Gasteiger partial charge in [0.1, 0.15) is 32.2 Å². The van der Waals surface area contributed by atoms with Crippen molar-refractivity contribution < 1.29 is 14.5 Å². The first-order valence-corrected chi connectivity index (χ1v) is 10.9. The first-order chi connectivity index (χ1) is 12.8. The second-order valence-corrected chi connectivity index (χ2v) is 8.47. The van der Waals surface area contributed by atoms with Crippen molar-refractivity contribution in [3.05, 3.63) is 5.82 Å². The molecule has 2 saturated heterocycles. The average molecular weight is 365 g/mol. The van der Waals surface area contributed by atoms with Gasteiger partial charge in [-0.1, -0.05) is 13.3 Å². The molecule has 2 aliphatic heterocycles. The van der Waals surface area contributed by atoms with E-state index in [1.54, 1.807) is 4.90 Å². The normalized spacial score (nSPS) is 32.0. The molecule has 3 fully saturated rings. The van der Waals surface area contributed by atoms with E-state index in [0.717, 1.165) is 44.3 Å². The van der Waals surface area contributed by atoms with Crippen LogP contribution in [0.5, 0.6) is 0 Å². The van der Waals surface area contributed by atoms with E-state index in [-0.39, 0.29) is 6.10 Å². The molecular weight excluding hydrogens is 328 g/mol. The Hall–Kier alpha value is -1.05. The van der Waals surface area contributed by atoms with Gasteiger partial charge in [0, 0.05) is 13.0 Å². The fraction of sp³-hybridized carbons (Fsp3) is 0.947. The van der Waals surface area contributed by atoms with Gasteiger partial charge in [-0.15, -0.1) is 5.10 Å². The number of hydrogen-bond donors (Lipinski definition) is 2. The third-order valence-corrected chi connectivity index (χ3v) is 6.89. The van der Waals surface area contributed by atoms with Crippen molar-refractivity contribution in [3.8, 4) is 0 Å². The molecule has 1 aliphatic carbocycles. The van der Waals surface area contributed by atoms with Gasteiger partial charge in [-0.3, -0.25) is 0 Å². The van der Waals surface area contributed by atoms with E-state index < -0.39 is 0 Å². The Kier molecular flexibility index (Phi) is 6.17. The van der Waals surface area contributed by atoms with Gasteiger partial charge in [-0.2, -0.15) is 0 Å². The molecule has 2 N–H and O–H groups in total. The quantitative estimate of drug-likeness (QED) is 0.709. The SMILES string of the molecule is CC[C@H](c1nnnn1C[C@@H]1CCCO1)[NH+]1CC[NH+](C2CCCCC2)CC1. The molecule has 1 saturated carbocycles. The van der Waals surface area contributed by atoms with Gasteiger partial charge < -0.3 is 14.5 Å². The van der Waals surface area contributed by atoms with Crippen LogP contribution in [0.15, 0.2) is 0 Å². The smallest absolute Gasteiger partial charge is 0.209 e. The summed E-state index contributed by atoms with van der Waals surface area (Å²) in [6, 6.07) is 1.34. The molecule has 26 heavy (non-hydrogen) atoms. The first-order valence-electron chi connectivity index (χ1n) is 10.9. The number of ether oxygens (including phenoxy) is 1. The molecule has 4 rings (SSSR count).